The van der Waals surface area contributed by atoms with Gasteiger partial charge in [-0.2, -0.15) is 5.10 Å². The van der Waals surface area contributed by atoms with Crippen LogP contribution < -0.4 is 0 Å². The normalized spacial score (nSPS) is 22.5. The predicted molar refractivity (Wildman–Crippen MR) is 80.4 cm³/mol. The molecule has 3 rings (SSSR count). The highest BCUT2D eigenvalue weighted by molar-refractivity contribution is 6.03. The quantitative estimate of drug-likeness (QED) is 0.780. The highest BCUT2D eigenvalue weighted by Gasteiger charge is 2.46. The molecule has 1 saturated carbocycles. The first-order chi connectivity index (χ1) is 10.3. The van der Waals surface area contributed by atoms with Gasteiger partial charge in [0, 0.05) is 25.8 Å². The summed E-state index contributed by atoms with van der Waals surface area (Å²) in [5, 5.41) is 4.33. The predicted octanol–water partition coefficient (Wildman–Crippen LogP) is 2.12. The minimum absolute atomic E-state index is 0.268. The van der Waals surface area contributed by atoms with Gasteiger partial charge in [0.25, 0.3) is 0 Å². The second kappa shape index (κ2) is 6.28. The van der Waals surface area contributed by atoms with Crippen molar-refractivity contribution in [3.63, 3.8) is 0 Å². The molecule has 0 aromatic carbocycles. The van der Waals surface area contributed by atoms with E-state index in [0.29, 0.717) is 0 Å². The van der Waals surface area contributed by atoms with E-state index >= 15 is 0 Å². The number of hydrogen-bond donors (Lipinski definition) is 0. The Morgan fingerprint density at radius 3 is 2.71 bits per heavy atom. The van der Waals surface area contributed by atoms with E-state index in [-0.39, 0.29) is 11.3 Å². The van der Waals surface area contributed by atoms with Crippen molar-refractivity contribution in [2.75, 3.05) is 26.3 Å². The van der Waals surface area contributed by atoms with Crippen LogP contribution in [0.3, 0.4) is 0 Å². The fourth-order valence-corrected chi connectivity index (χ4v) is 3.74. The number of hydrogen-bond acceptors (Lipinski definition) is 4. The molecule has 2 aliphatic rings. The van der Waals surface area contributed by atoms with Crippen LogP contribution in [0.2, 0.25) is 0 Å². The molecule has 1 aliphatic carbocycles. The van der Waals surface area contributed by atoms with Crippen molar-refractivity contribution in [1.29, 1.82) is 0 Å². The van der Waals surface area contributed by atoms with Gasteiger partial charge in [-0.25, -0.2) is 0 Å². The standard InChI is InChI=1S/C16H25N3O2/c1-2-7-19-13-14(12-17-19)15(20)16(5-3-4-6-16)18-8-10-21-11-9-18/h12-13H,2-11H2,1H3. The first-order valence-corrected chi connectivity index (χ1v) is 8.16. The summed E-state index contributed by atoms with van der Waals surface area (Å²) in [6, 6.07) is 0. The van der Waals surface area contributed by atoms with E-state index in [1.807, 2.05) is 10.9 Å². The van der Waals surface area contributed by atoms with Crippen molar-refractivity contribution in [2.45, 2.75) is 51.1 Å². The zero-order chi connectivity index (χ0) is 14.7. The Labute approximate surface area is 126 Å². The number of aryl methyl sites for hydroxylation is 1. The van der Waals surface area contributed by atoms with Crippen molar-refractivity contribution in [2.24, 2.45) is 0 Å². The van der Waals surface area contributed by atoms with E-state index in [0.717, 1.165) is 70.5 Å². The lowest BCUT2D eigenvalue weighted by Crippen LogP contribution is -2.56. The third kappa shape index (κ3) is 2.77. The van der Waals surface area contributed by atoms with Crippen LogP contribution in [0, 0.1) is 0 Å². The van der Waals surface area contributed by atoms with E-state index in [1.165, 1.54) is 0 Å². The van der Waals surface area contributed by atoms with Gasteiger partial charge in [0.05, 0.1) is 30.5 Å². The Kier molecular flexibility index (Phi) is 4.40. The average Bonchev–Trinajstić information content (AvgIpc) is 3.18. The largest absolute Gasteiger partial charge is 0.379 e. The van der Waals surface area contributed by atoms with Crippen molar-refractivity contribution in [3.8, 4) is 0 Å². The SMILES string of the molecule is CCCn1cc(C(=O)C2(N3CCOCC3)CCCC2)cn1. The summed E-state index contributed by atoms with van der Waals surface area (Å²) in [5.74, 6) is 0.268. The Balaban J connectivity index is 1.83. The van der Waals surface area contributed by atoms with Gasteiger partial charge in [-0.15, -0.1) is 0 Å². The molecule has 0 atom stereocenters. The molecular weight excluding hydrogens is 266 g/mol. The first-order valence-electron chi connectivity index (χ1n) is 8.16. The summed E-state index contributed by atoms with van der Waals surface area (Å²) < 4.78 is 7.34. The highest BCUT2D eigenvalue weighted by atomic mass is 16.5. The van der Waals surface area contributed by atoms with E-state index in [1.54, 1.807) is 6.20 Å². The van der Waals surface area contributed by atoms with Crippen LogP contribution in [0.25, 0.3) is 0 Å². The molecule has 1 saturated heterocycles. The van der Waals surface area contributed by atoms with E-state index < -0.39 is 0 Å². The third-order valence-electron chi connectivity index (χ3n) is 4.82. The summed E-state index contributed by atoms with van der Waals surface area (Å²) >= 11 is 0. The fraction of sp³-hybridized carbons (Fsp3) is 0.750. The van der Waals surface area contributed by atoms with Crippen molar-refractivity contribution < 1.29 is 9.53 Å². The molecule has 1 aliphatic heterocycles. The number of carbonyl (C=O) groups excluding carboxylic acids is 1. The molecule has 5 heteroatoms. The molecule has 0 amide bonds. The Hall–Kier alpha value is -1.20. The number of aromatic nitrogens is 2. The summed E-state index contributed by atoms with van der Waals surface area (Å²) in [5.41, 5.74) is 0.473. The summed E-state index contributed by atoms with van der Waals surface area (Å²) in [7, 11) is 0. The molecule has 5 nitrogen and oxygen atoms in total. The van der Waals surface area contributed by atoms with Gasteiger partial charge in [0.2, 0.25) is 0 Å². The molecular formula is C16H25N3O2. The van der Waals surface area contributed by atoms with Crippen LogP contribution >= 0.6 is 0 Å². The number of ketones is 1. The second-order valence-electron chi connectivity index (χ2n) is 6.16. The monoisotopic (exact) mass is 291 g/mol. The molecule has 0 radical (unpaired) electrons. The van der Waals surface area contributed by atoms with Crippen LogP contribution in [0.1, 0.15) is 49.4 Å². The van der Waals surface area contributed by atoms with Gasteiger partial charge < -0.3 is 4.74 Å². The Morgan fingerprint density at radius 2 is 2.05 bits per heavy atom. The van der Waals surface area contributed by atoms with Gasteiger partial charge in [-0.1, -0.05) is 19.8 Å². The fourth-order valence-electron chi connectivity index (χ4n) is 3.74. The molecule has 0 N–H and O–H groups in total. The van der Waals surface area contributed by atoms with Crippen LogP contribution in [0.4, 0.5) is 0 Å². The molecule has 1 aromatic rings. The smallest absolute Gasteiger partial charge is 0.186 e. The van der Waals surface area contributed by atoms with Gasteiger partial charge >= 0.3 is 0 Å². The van der Waals surface area contributed by atoms with Crippen molar-refractivity contribution in [1.82, 2.24) is 14.7 Å². The van der Waals surface area contributed by atoms with Crippen molar-refractivity contribution in [3.05, 3.63) is 18.0 Å². The van der Waals surface area contributed by atoms with Crippen LogP contribution in [-0.2, 0) is 11.3 Å². The molecule has 21 heavy (non-hydrogen) atoms. The Morgan fingerprint density at radius 1 is 1.33 bits per heavy atom. The van der Waals surface area contributed by atoms with Crippen LogP contribution in [0.15, 0.2) is 12.4 Å². The van der Waals surface area contributed by atoms with E-state index in [2.05, 4.69) is 16.9 Å². The van der Waals surface area contributed by atoms with Gasteiger partial charge in [-0.05, 0) is 19.3 Å². The number of nitrogens with zero attached hydrogens (tertiary/aromatic N) is 3. The molecule has 1 aromatic heterocycles. The lowest BCUT2D eigenvalue weighted by Gasteiger charge is -2.42. The van der Waals surface area contributed by atoms with Gasteiger partial charge in [0.1, 0.15) is 0 Å². The number of Topliss-reactive ketones (excluding diaryl/α,β-unsaturated/α-hetero) is 1. The van der Waals surface area contributed by atoms with E-state index in [4.69, 9.17) is 4.74 Å². The maximum atomic E-state index is 13.1. The molecule has 0 bridgehead atoms. The second-order valence-corrected chi connectivity index (χ2v) is 6.16. The maximum absolute atomic E-state index is 13.1. The van der Waals surface area contributed by atoms with Gasteiger partial charge in [0.15, 0.2) is 5.78 Å². The number of rotatable bonds is 5. The summed E-state index contributed by atoms with van der Waals surface area (Å²) in [4.78, 5) is 15.5. The summed E-state index contributed by atoms with van der Waals surface area (Å²) in [6.07, 6.45) is 8.95. The Bertz CT molecular complexity index is 485. The number of ether oxygens (including phenoxy) is 1. The zero-order valence-electron chi connectivity index (χ0n) is 12.9. The van der Waals surface area contributed by atoms with Crippen LogP contribution in [-0.4, -0.2) is 52.3 Å². The first kappa shape index (κ1) is 14.7. The highest BCUT2D eigenvalue weighted by Crippen LogP contribution is 2.38. The maximum Gasteiger partial charge on any atom is 0.186 e. The minimum Gasteiger partial charge on any atom is -0.379 e. The average molecular weight is 291 g/mol. The zero-order valence-corrected chi connectivity index (χ0v) is 12.9. The molecule has 2 fully saturated rings. The molecule has 0 spiro atoms. The lowest BCUT2D eigenvalue weighted by atomic mass is 9.86. The lowest BCUT2D eigenvalue weighted by molar-refractivity contribution is -0.0130. The number of carbonyl (C=O) groups is 1. The number of morpholine rings is 1. The molecule has 0 unspecified atom stereocenters. The van der Waals surface area contributed by atoms with Gasteiger partial charge in [-0.3, -0.25) is 14.4 Å². The minimum atomic E-state index is -0.302. The van der Waals surface area contributed by atoms with E-state index in [9.17, 15) is 4.79 Å². The topological polar surface area (TPSA) is 47.4 Å². The van der Waals surface area contributed by atoms with Crippen LogP contribution in [0.5, 0.6) is 0 Å². The molecule has 2 heterocycles. The summed E-state index contributed by atoms with van der Waals surface area (Å²) in [6.45, 7) is 6.21. The third-order valence-corrected chi connectivity index (χ3v) is 4.82. The molecule has 116 valence electrons. The van der Waals surface area contributed by atoms with Crippen molar-refractivity contribution >= 4 is 5.78 Å².